The van der Waals surface area contributed by atoms with Crippen LogP contribution >= 0.6 is 11.8 Å². The summed E-state index contributed by atoms with van der Waals surface area (Å²) in [5.74, 6) is -3.34. The quantitative estimate of drug-likeness (QED) is 0.219. The molecule has 12 heteroatoms. The van der Waals surface area contributed by atoms with Crippen LogP contribution in [0.15, 0.2) is 30.3 Å². The molecule has 0 fully saturated rings. The fraction of sp³-hybridized carbons (Fsp3) is 0.286. The second kappa shape index (κ2) is 11.4. The van der Waals surface area contributed by atoms with Crippen LogP contribution in [0, 0.1) is 22.5 Å². The van der Waals surface area contributed by atoms with Gasteiger partial charge in [0, 0.05) is 41.6 Å². The van der Waals surface area contributed by atoms with Gasteiger partial charge in [0.2, 0.25) is 0 Å². The smallest absolute Gasteiger partial charge is 0.271 e. The summed E-state index contributed by atoms with van der Waals surface area (Å²) in [6.45, 7) is 1.03. The summed E-state index contributed by atoms with van der Waals surface area (Å²) >= 11 is 6.19. The van der Waals surface area contributed by atoms with E-state index in [2.05, 4.69) is 0 Å². The molecule has 0 heterocycles. The van der Waals surface area contributed by atoms with Gasteiger partial charge in [0.1, 0.15) is 41.4 Å². The Morgan fingerprint density at radius 1 is 1.18 bits per heavy atom. The number of amidine groups is 2. The van der Waals surface area contributed by atoms with Gasteiger partial charge in [-0.25, -0.2) is 13.2 Å². The van der Waals surface area contributed by atoms with Gasteiger partial charge in [-0.15, -0.1) is 0 Å². The number of nitrogens with zero attached hydrogens (tertiary/aromatic N) is 1. The molecular formula is C21H24ClF2N5O4. The average molecular weight is 484 g/mol. The van der Waals surface area contributed by atoms with E-state index in [0.29, 0.717) is 15.5 Å². The van der Waals surface area contributed by atoms with Gasteiger partial charge in [-0.2, -0.15) is 0 Å². The van der Waals surface area contributed by atoms with Crippen LogP contribution in [0.5, 0.6) is 11.5 Å². The number of carbonyl (C=O) groups excluding carboxylic acids is 1. The normalized spacial score (nSPS) is 11.5. The number of amides is 1. The Balaban J connectivity index is 2.36. The molecule has 33 heavy (non-hydrogen) atoms. The maximum atomic E-state index is 14.6. The van der Waals surface area contributed by atoms with E-state index in [-0.39, 0.29) is 42.9 Å². The van der Waals surface area contributed by atoms with E-state index < -0.39 is 29.2 Å². The molecule has 0 aliphatic heterocycles. The zero-order valence-electron chi connectivity index (χ0n) is 18.0. The number of rotatable bonds is 11. The lowest BCUT2D eigenvalue weighted by molar-refractivity contribution is -0.139. The van der Waals surface area contributed by atoms with Gasteiger partial charge in [-0.1, -0.05) is 12.1 Å². The number of hydrogen-bond acceptors (Lipinski definition) is 6. The van der Waals surface area contributed by atoms with Gasteiger partial charge in [-0.3, -0.25) is 15.6 Å². The van der Waals surface area contributed by atoms with Gasteiger partial charge in [0.25, 0.3) is 5.91 Å². The predicted molar refractivity (Wildman–Crippen MR) is 119 cm³/mol. The summed E-state index contributed by atoms with van der Waals surface area (Å²) in [6, 6.07) is 6.32. The van der Waals surface area contributed by atoms with E-state index in [9.17, 15) is 13.6 Å². The minimum absolute atomic E-state index is 0.0215. The number of ether oxygens (including phenoxy) is 3. The van der Waals surface area contributed by atoms with Crippen LogP contribution in [0.2, 0.25) is 0 Å². The van der Waals surface area contributed by atoms with E-state index in [1.807, 2.05) is 0 Å². The van der Waals surface area contributed by atoms with E-state index >= 15 is 0 Å². The molecule has 2 rings (SSSR count). The lowest BCUT2D eigenvalue weighted by Gasteiger charge is -2.23. The number of nitrogens with two attached hydrogens (primary N) is 2. The first-order valence-corrected chi connectivity index (χ1v) is 9.97. The molecule has 1 atom stereocenters. The van der Waals surface area contributed by atoms with E-state index in [0.717, 1.165) is 12.1 Å². The SMILES string of the molecule is CCOC(C(=O)N(Cl)Cc1ccc(C(=N)N)cc1OCC(=N)N)c1c(F)cc(OC)cc1F. The summed E-state index contributed by atoms with van der Waals surface area (Å²) in [4.78, 5) is 13.0. The minimum Gasteiger partial charge on any atom is -0.497 e. The van der Waals surface area contributed by atoms with Gasteiger partial charge >= 0.3 is 0 Å². The summed E-state index contributed by atoms with van der Waals surface area (Å²) in [5.41, 5.74) is 10.9. The third-order valence-electron chi connectivity index (χ3n) is 4.42. The second-order valence-electron chi connectivity index (χ2n) is 6.75. The average Bonchev–Trinajstić information content (AvgIpc) is 2.76. The van der Waals surface area contributed by atoms with Crippen LogP contribution in [0.4, 0.5) is 8.78 Å². The molecule has 178 valence electrons. The van der Waals surface area contributed by atoms with Crippen molar-refractivity contribution in [3.8, 4) is 11.5 Å². The van der Waals surface area contributed by atoms with Gasteiger partial charge < -0.3 is 25.7 Å². The van der Waals surface area contributed by atoms with Crippen molar-refractivity contribution in [1.29, 1.82) is 10.8 Å². The molecule has 0 aliphatic carbocycles. The predicted octanol–water partition coefficient (Wildman–Crippen LogP) is 2.83. The fourth-order valence-electron chi connectivity index (χ4n) is 2.87. The maximum Gasteiger partial charge on any atom is 0.271 e. The molecule has 0 aromatic heterocycles. The molecule has 1 amide bonds. The van der Waals surface area contributed by atoms with Crippen LogP contribution in [0.3, 0.4) is 0 Å². The molecule has 0 saturated carbocycles. The monoisotopic (exact) mass is 483 g/mol. The summed E-state index contributed by atoms with van der Waals surface area (Å²) in [7, 11) is 1.25. The fourth-order valence-corrected chi connectivity index (χ4v) is 3.09. The molecule has 1 unspecified atom stereocenters. The molecule has 9 nitrogen and oxygen atoms in total. The van der Waals surface area contributed by atoms with Crippen molar-refractivity contribution in [2.24, 2.45) is 11.5 Å². The Kier molecular flexibility index (Phi) is 8.94. The third kappa shape index (κ3) is 6.53. The van der Waals surface area contributed by atoms with Gasteiger partial charge in [-0.05, 0) is 13.0 Å². The molecule has 0 saturated heterocycles. The number of nitrogen functional groups attached to an aromatic ring is 1. The topological polar surface area (TPSA) is 148 Å². The van der Waals surface area contributed by atoms with Crippen LogP contribution in [0.25, 0.3) is 0 Å². The molecule has 0 aliphatic rings. The second-order valence-corrected chi connectivity index (χ2v) is 7.16. The van der Waals surface area contributed by atoms with Crippen molar-refractivity contribution < 1.29 is 27.8 Å². The number of halogens is 3. The van der Waals surface area contributed by atoms with E-state index in [4.69, 9.17) is 48.3 Å². The van der Waals surface area contributed by atoms with Crippen LogP contribution in [-0.2, 0) is 16.1 Å². The molecule has 0 spiro atoms. The van der Waals surface area contributed by atoms with E-state index in [1.165, 1.54) is 25.3 Å². The lowest BCUT2D eigenvalue weighted by atomic mass is 10.1. The standard InChI is InChI=1S/C21H24ClF2N5O4/c1-3-32-19(18-14(23)7-13(31-2)8-15(18)24)21(30)29(22)9-12-5-4-11(20(27)28)6-16(12)33-10-17(25)26/h4-8,19H,3,9-10H2,1-2H3,(H3,25,26)(H3,27,28). The Labute approximate surface area is 194 Å². The highest BCUT2D eigenvalue weighted by atomic mass is 35.5. The number of nitrogens with one attached hydrogen (secondary N) is 2. The first-order valence-electron chi connectivity index (χ1n) is 9.63. The van der Waals surface area contributed by atoms with Crippen LogP contribution in [0.1, 0.15) is 29.7 Å². The van der Waals surface area contributed by atoms with Crippen molar-refractivity contribution in [3.63, 3.8) is 0 Å². The maximum absolute atomic E-state index is 14.6. The Morgan fingerprint density at radius 2 is 1.82 bits per heavy atom. The Hall–Kier alpha value is -3.44. The summed E-state index contributed by atoms with van der Waals surface area (Å²) < 4.78 is 45.5. The number of benzene rings is 2. The largest absolute Gasteiger partial charge is 0.497 e. The highest BCUT2D eigenvalue weighted by Gasteiger charge is 2.32. The van der Waals surface area contributed by atoms with E-state index in [1.54, 1.807) is 6.92 Å². The first kappa shape index (κ1) is 25.8. The van der Waals surface area contributed by atoms with Crippen LogP contribution in [-0.4, -0.2) is 42.3 Å². The van der Waals surface area contributed by atoms with Crippen molar-refractivity contribution in [1.82, 2.24) is 4.42 Å². The number of carbonyl (C=O) groups is 1. The zero-order chi connectivity index (χ0) is 24.7. The zero-order valence-corrected chi connectivity index (χ0v) is 18.7. The molecular weight excluding hydrogens is 460 g/mol. The van der Waals surface area contributed by atoms with Gasteiger partial charge in [0.15, 0.2) is 6.10 Å². The number of hydrogen-bond donors (Lipinski definition) is 4. The first-order chi connectivity index (χ1) is 15.6. The number of methoxy groups -OCH3 is 1. The lowest BCUT2D eigenvalue weighted by Crippen LogP contribution is -2.30. The molecule has 2 aromatic rings. The van der Waals surface area contributed by atoms with Crippen molar-refractivity contribution >= 4 is 29.4 Å². The summed E-state index contributed by atoms with van der Waals surface area (Å²) in [5, 5.41) is 14.9. The highest BCUT2D eigenvalue weighted by molar-refractivity contribution is 6.21. The molecule has 6 N–H and O–H groups in total. The minimum atomic E-state index is -1.66. The third-order valence-corrected chi connectivity index (χ3v) is 4.70. The molecule has 0 bridgehead atoms. The van der Waals surface area contributed by atoms with Crippen molar-refractivity contribution in [2.75, 3.05) is 20.3 Å². The van der Waals surface area contributed by atoms with Crippen molar-refractivity contribution in [3.05, 3.63) is 58.7 Å². The molecule has 2 aromatic carbocycles. The van der Waals surface area contributed by atoms with Gasteiger partial charge in [0.05, 0.1) is 19.2 Å². The molecule has 0 radical (unpaired) electrons. The Bertz CT molecular complexity index is 1030. The highest BCUT2D eigenvalue weighted by Crippen LogP contribution is 2.31. The van der Waals surface area contributed by atoms with Crippen molar-refractivity contribution in [2.45, 2.75) is 19.6 Å². The summed E-state index contributed by atoms with van der Waals surface area (Å²) in [6.07, 6.45) is -1.66. The Morgan fingerprint density at radius 3 is 2.33 bits per heavy atom. The van der Waals surface area contributed by atoms with Crippen LogP contribution < -0.4 is 20.9 Å².